The lowest BCUT2D eigenvalue weighted by atomic mass is 9.99. The molecule has 0 unspecified atom stereocenters. The van der Waals surface area contributed by atoms with Gasteiger partial charge in [-0.05, 0) is 42.5 Å². The van der Waals surface area contributed by atoms with E-state index in [1.54, 1.807) is 18.2 Å². The van der Waals surface area contributed by atoms with E-state index in [0.29, 0.717) is 41.5 Å². The van der Waals surface area contributed by atoms with Gasteiger partial charge in [0.1, 0.15) is 11.5 Å². The number of rotatable bonds is 8. The smallest absolute Gasteiger partial charge is 0.493 e. The maximum Gasteiger partial charge on any atom is 0.573 e. The molecule has 0 aliphatic rings. The molecule has 0 radical (unpaired) electrons. The van der Waals surface area contributed by atoms with Gasteiger partial charge in [-0.3, -0.25) is 0 Å². The average Bonchev–Trinajstić information content (AvgIpc) is 3.23. The van der Waals surface area contributed by atoms with Gasteiger partial charge in [0.05, 0.1) is 12.1 Å². The second-order valence-electron chi connectivity index (χ2n) is 8.76. The van der Waals surface area contributed by atoms with Crippen LogP contribution < -0.4 is 19.9 Å². The molecular weight excluding hydrogens is 513 g/mol. The van der Waals surface area contributed by atoms with E-state index in [9.17, 15) is 23.1 Å². The second kappa shape index (κ2) is 10.5. The first-order valence-corrected chi connectivity index (χ1v) is 12.0. The molecule has 0 bridgehead atoms. The number of carboxylic acid groups (broad SMARTS) is 1. The molecule has 5 aromatic rings. The van der Waals surface area contributed by atoms with Crippen molar-refractivity contribution in [3.63, 3.8) is 0 Å². The number of benzene rings is 4. The molecule has 4 aromatic carbocycles. The molecule has 200 valence electrons. The lowest BCUT2D eigenvalue weighted by molar-refractivity contribution is -0.274. The highest BCUT2D eigenvalue weighted by molar-refractivity contribution is 5.99. The van der Waals surface area contributed by atoms with Gasteiger partial charge in [0, 0.05) is 33.2 Å². The number of aromatic nitrogens is 1. The number of para-hydroxylation sites is 1. The summed E-state index contributed by atoms with van der Waals surface area (Å²) >= 11 is 0. The van der Waals surface area contributed by atoms with Crippen molar-refractivity contribution in [2.24, 2.45) is 0 Å². The lowest BCUT2D eigenvalue weighted by Gasteiger charge is -2.14. The Morgan fingerprint density at radius 3 is 2.44 bits per heavy atom. The van der Waals surface area contributed by atoms with E-state index in [4.69, 9.17) is 15.2 Å². The van der Waals surface area contributed by atoms with Crippen molar-refractivity contribution < 1.29 is 37.3 Å². The number of H-pyrrole nitrogens is 1. The largest absolute Gasteiger partial charge is 0.573 e. The number of nitrogens with two attached hydrogens (primary N) is 1. The molecule has 0 aliphatic carbocycles. The van der Waals surface area contributed by atoms with Crippen molar-refractivity contribution in [3.8, 4) is 28.5 Å². The molecule has 5 rings (SSSR count). The number of anilines is 1. The van der Waals surface area contributed by atoms with Crippen LogP contribution in [0, 0.1) is 0 Å². The van der Waals surface area contributed by atoms with Crippen LogP contribution in [0.1, 0.15) is 12.0 Å². The Morgan fingerprint density at radius 2 is 1.64 bits per heavy atom. The van der Waals surface area contributed by atoms with Crippen molar-refractivity contribution in [2.45, 2.75) is 19.2 Å². The van der Waals surface area contributed by atoms with Crippen molar-refractivity contribution in [1.29, 1.82) is 0 Å². The third-order valence-electron chi connectivity index (χ3n) is 6.19. The highest BCUT2D eigenvalue weighted by Crippen LogP contribution is 2.41. The molecule has 0 amide bonds. The summed E-state index contributed by atoms with van der Waals surface area (Å²) < 4.78 is 54.5. The third-order valence-corrected chi connectivity index (χ3v) is 6.19. The summed E-state index contributed by atoms with van der Waals surface area (Å²) in [5, 5.41) is 11.9. The van der Waals surface area contributed by atoms with Crippen LogP contribution >= 0.6 is 0 Å². The maximum absolute atomic E-state index is 13.1. The van der Waals surface area contributed by atoms with Crippen molar-refractivity contribution >= 4 is 33.5 Å². The molecule has 1 aromatic heterocycles. The number of fused-ring (bicyclic) bond motifs is 2. The van der Waals surface area contributed by atoms with E-state index in [0.717, 1.165) is 22.6 Å². The molecule has 4 N–H and O–H groups in total. The predicted octanol–water partition coefficient (Wildman–Crippen LogP) is 7.54. The molecule has 1 heterocycles. The summed E-state index contributed by atoms with van der Waals surface area (Å²) in [6.45, 7) is 0.339. The molecule has 10 heteroatoms. The minimum absolute atomic E-state index is 0.0164. The topological polar surface area (TPSA) is 107 Å². The number of aryl methyl sites for hydroxylation is 1. The number of alkyl halides is 3. The Morgan fingerprint density at radius 1 is 0.897 bits per heavy atom. The normalized spacial score (nSPS) is 11.6. The number of nitrogen functional groups attached to an aromatic ring is 1. The average molecular weight is 537 g/mol. The van der Waals surface area contributed by atoms with Crippen molar-refractivity contribution in [1.82, 2.24) is 4.98 Å². The first-order chi connectivity index (χ1) is 18.7. The Balaban J connectivity index is 1.46. The molecule has 0 atom stereocenters. The lowest BCUT2D eigenvalue weighted by Crippen LogP contribution is -2.17. The number of ether oxygens (including phenoxy) is 3. The zero-order chi connectivity index (χ0) is 27.6. The monoisotopic (exact) mass is 536 g/mol. The fourth-order valence-corrected chi connectivity index (χ4v) is 4.62. The number of aromatic amines is 1. The zero-order valence-electron chi connectivity index (χ0n) is 20.4. The van der Waals surface area contributed by atoms with Gasteiger partial charge in [-0.2, -0.15) is 0 Å². The van der Waals surface area contributed by atoms with Gasteiger partial charge in [0.15, 0.2) is 0 Å². The molecular formula is C29H23F3N2O5. The van der Waals surface area contributed by atoms with Crippen molar-refractivity contribution in [2.75, 3.05) is 12.3 Å². The Kier molecular flexibility index (Phi) is 6.93. The van der Waals surface area contributed by atoms with Crippen LogP contribution in [0.3, 0.4) is 0 Å². The van der Waals surface area contributed by atoms with E-state index >= 15 is 0 Å². The first kappa shape index (κ1) is 25.8. The molecule has 0 fully saturated rings. The quantitative estimate of drug-likeness (QED) is 0.107. The molecule has 0 saturated heterocycles. The number of halogens is 3. The number of hydrogen-bond acceptors (Lipinski definition) is 5. The summed E-state index contributed by atoms with van der Waals surface area (Å²) in [5.74, 6) is 0.275. The van der Waals surface area contributed by atoms with Gasteiger partial charge in [-0.1, -0.05) is 54.6 Å². The summed E-state index contributed by atoms with van der Waals surface area (Å²) in [5.41, 5.74) is 7.48. The van der Waals surface area contributed by atoms with Gasteiger partial charge >= 0.3 is 12.5 Å². The predicted molar refractivity (Wildman–Crippen MR) is 141 cm³/mol. The van der Waals surface area contributed by atoms with Crippen LogP contribution in [0.15, 0.2) is 78.9 Å². The number of nitrogens with one attached hydrogen (secondary N) is 1. The summed E-state index contributed by atoms with van der Waals surface area (Å²) in [7, 11) is 0. The van der Waals surface area contributed by atoms with Crippen molar-refractivity contribution in [3.05, 3.63) is 84.4 Å². The summed E-state index contributed by atoms with van der Waals surface area (Å²) in [4.78, 5) is 14.4. The molecule has 7 nitrogen and oxygen atoms in total. The van der Waals surface area contributed by atoms with E-state index in [2.05, 4.69) is 9.72 Å². The van der Waals surface area contributed by atoms with Gasteiger partial charge in [-0.25, -0.2) is 4.79 Å². The summed E-state index contributed by atoms with van der Waals surface area (Å²) in [6, 6.07) is 22.4. The maximum atomic E-state index is 13.1. The first-order valence-electron chi connectivity index (χ1n) is 12.0. The van der Waals surface area contributed by atoms with E-state index in [-0.39, 0.29) is 17.1 Å². The highest BCUT2D eigenvalue weighted by Gasteiger charge is 2.32. The van der Waals surface area contributed by atoms with Gasteiger partial charge in [0.2, 0.25) is 5.88 Å². The Labute approximate surface area is 220 Å². The Hall–Kier alpha value is -4.86. The fourth-order valence-electron chi connectivity index (χ4n) is 4.62. The standard InChI is InChI=1S/C29H23F3N2O5/c30-29(31,32)39-25-14-13-18(33)16-23(25)21-10-4-9-20-22(27(34-26(20)21)38-28(35)36)11-5-15-37-24-12-3-7-17-6-1-2-8-19(17)24/h1-4,6-10,12-14,16,34H,5,11,15,33H2,(H,35,36). The van der Waals surface area contributed by atoms with E-state index in [1.165, 1.54) is 12.1 Å². The Bertz CT molecular complexity index is 1660. The van der Waals surface area contributed by atoms with Gasteiger partial charge < -0.3 is 30.0 Å². The minimum Gasteiger partial charge on any atom is -0.493 e. The number of hydrogen-bond donors (Lipinski definition) is 3. The van der Waals surface area contributed by atoms with Crippen LogP contribution in [-0.4, -0.2) is 29.2 Å². The third kappa shape index (κ3) is 5.69. The van der Waals surface area contributed by atoms with Crippen LogP contribution in [0.25, 0.3) is 32.8 Å². The fraction of sp³-hybridized carbons (Fsp3) is 0.138. The van der Waals surface area contributed by atoms with Gasteiger partial charge in [-0.15, -0.1) is 13.2 Å². The molecule has 0 aliphatic heterocycles. The zero-order valence-corrected chi connectivity index (χ0v) is 20.4. The second-order valence-corrected chi connectivity index (χ2v) is 8.76. The highest BCUT2D eigenvalue weighted by atomic mass is 19.4. The van der Waals surface area contributed by atoms with Gasteiger partial charge in [0.25, 0.3) is 0 Å². The van der Waals surface area contributed by atoms with Crippen LogP contribution in [0.5, 0.6) is 17.4 Å². The van der Waals surface area contributed by atoms with Crippen LogP contribution in [0.2, 0.25) is 0 Å². The minimum atomic E-state index is -4.92. The SMILES string of the molecule is Nc1ccc(OC(F)(F)F)c(-c2cccc3c(CCCOc4cccc5ccccc45)c(OC(=O)O)[nH]c23)c1. The molecule has 0 spiro atoms. The number of carbonyl (C=O) groups is 1. The van der Waals surface area contributed by atoms with Crippen LogP contribution in [0.4, 0.5) is 23.7 Å². The molecule has 0 saturated carbocycles. The van der Waals surface area contributed by atoms with E-state index < -0.39 is 18.3 Å². The van der Waals surface area contributed by atoms with E-state index in [1.807, 2.05) is 42.5 Å². The summed E-state index contributed by atoms with van der Waals surface area (Å²) in [6.07, 6.45) is -5.56. The van der Waals surface area contributed by atoms with Crippen LogP contribution in [-0.2, 0) is 6.42 Å². The molecule has 39 heavy (non-hydrogen) atoms.